The number of aliphatic hydroxyl groups excluding tert-OH is 1. The van der Waals surface area contributed by atoms with Gasteiger partial charge in [0.15, 0.2) is 0 Å². The topological polar surface area (TPSA) is 65.4 Å². The molecule has 0 aliphatic rings. The first-order valence-corrected chi connectivity index (χ1v) is 7.52. The third-order valence-corrected chi connectivity index (χ3v) is 4.21. The molecule has 0 saturated carbocycles. The van der Waals surface area contributed by atoms with Gasteiger partial charge in [-0.15, -0.1) is 11.3 Å². The minimum atomic E-state index is -0.114. The zero-order chi connectivity index (χ0) is 14.5. The summed E-state index contributed by atoms with van der Waals surface area (Å²) in [6.45, 7) is 4.29. The number of hydrogen-bond acceptors (Lipinski definition) is 5. The van der Waals surface area contributed by atoms with Gasteiger partial charge in [-0.2, -0.15) is 0 Å². The number of aromatic nitrogens is 1. The zero-order valence-electron chi connectivity index (χ0n) is 11.8. The predicted octanol–water partition coefficient (Wildman–Crippen LogP) is 2.37. The molecule has 0 aromatic carbocycles. The monoisotopic (exact) mass is 292 g/mol. The Hall–Kier alpha value is -1.43. The first-order valence-electron chi connectivity index (χ1n) is 6.64. The van der Waals surface area contributed by atoms with Crippen LogP contribution in [0.2, 0.25) is 0 Å². The van der Waals surface area contributed by atoms with Crippen molar-refractivity contribution < 1.29 is 10.2 Å². The van der Waals surface area contributed by atoms with E-state index < -0.39 is 0 Å². The van der Waals surface area contributed by atoms with Crippen molar-refractivity contribution in [2.75, 3.05) is 0 Å². The summed E-state index contributed by atoms with van der Waals surface area (Å²) < 4.78 is 0. The summed E-state index contributed by atoms with van der Waals surface area (Å²) in [6.07, 6.45) is 2.58. The second-order valence-corrected chi connectivity index (χ2v) is 5.95. The number of thiophene rings is 1. The van der Waals surface area contributed by atoms with Crippen LogP contribution >= 0.6 is 11.3 Å². The van der Waals surface area contributed by atoms with E-state index in [1.165, 1.54) is 4.88 Å². The Bertz CT molecular complexity index is 555. The van der Waals surface area contributed by atoms with Gasteiger partial charge in [0.05, 0.1) is 12.3 Å². The number of aliphatic hydroxyl groups is 1. The van der Waals surface area contributed by atoms with Gasteiger partial charge in [-0.05, 0) is 31.7 Å². The van der Waals surface area contributed by atoms with Gasteiger partial charge in [0, 0.05) is 34.8 Å². The summed E-state index contributed by atoms with van der Waals surface area (Å²) >= 11 is 1.75. The number of pyridine rings is 1. The highest BCUT2D eigenvalue weighted by molar-refractivity contribution is 7.09. The number of rotatable bonds is 6. The summed E-state index contributed by atoms with van der Waals surface area (Å²) in [6, 6.07) is 4.47. The Morgan fingerprint density at radius 3 is 2.90 bits per heavy atom. The molecule has 0 amide bonds. The maximum atomic E-state index is 10.1. The molecule has 20 heavy (non-hydrogen) atoms. The molecule has 2 aromatic heterocycles. The minimum absolute atomic E-state index is 0.114. The van der Waals surface area contributed by atoms with E-state index in [2.05, 4.69) is 34.7 Å². The number of aryl methyl sites for hydroxylation is 1. The summed E-state index contributed by atoms with van der Waals surface area (Å²) in [5.74, 6) is 0.173. The lowest BCUT2D eigenvalue weighted by Crippen LogP contribution is -2.27. The van der Waals surface area contributed by atoms with Gasteiger partial charge in [0.1, 0.15) is 5.75 Å². The molecule has 4 nitrogen and oxygen atoms in total. The van der Waals surface area contributed by atoms with Gasteiger partial charge in [-0.25, -0.2) is 0 Å². The zero-order valence-corrected chi connectivity index (χ0v) is 12.6. The molecule has 108 valence electrons. The molecule has 1 atom stereocenters. The van der Waals surface area contributed by atoms with E-state index in [4.69, 9.17) is 0 Å². The van der Waals surface area contributed by atoms with E-state index in [1.807, 2.05) is 0 Å². The predicted molar refractivity (Wildman–Crippen MR) is 80.9 cm³/mol. The highest BCUT2D eigenvalue weighted by Crippen LogP contribution is 2.24. The van der Waals surface area contributed by atoms with Crippen LogP contribution in [-0.2, 0) is 19.6 Å². The maximum absolute atomic E-state index is 10.1. The van der Waals surface area contributed by atoms with Gasteiger partial charge in [-0.3, -0.25) is 4.98 Å². The fraction of sp³-hybridized carbons (Fsp3) is 0.400. The van der Waals surface area contributed by atoms with E-state index in [0.29, 0.717) is 23.8 Å². The van der Waals surface area contributed by atoms with Gasteiger partial charge >= 0.3 is 0 Å². The molecule has 0 fully saturated rings. The van der Waals surface area contributed by atoms with Crippen molar-refractivity contribution in [3.63, 3.8) is 0 Å². The Labute approximate surface area is 123 Å². The summed E-state index contributed by atoms with van der Waals surface area (Å²) in [5, 5.41) is 24.9. The first kappa shape index (κ1) is 15.0. The van der Waals surface area contributed by atoms with E-state index in [-0.39, 0.29) is 12.4 Å². The Kier molecular flexibility index (Phi) is 5.11. The molecule has 0 saturated heterocycles. The number of aromatic hydroxyl groups is 1. The molecule has 2 heterocycles. The lowest BCUT2D eigenvalue weighted by molar-refractivity contribution is 0.278. The number of nitrogens with one attached hydrogen (secondary N) is 1. The Morgan fingerprint density at radius 2 is 2.25 bits per heavy atom. The highest BCUT2D eigenvalue weighted by atomic mass is 32.1. The van der Waals surface area contributed by atoms with Crippen LogP contribution < -0.4 is 5.32 Å². The van der Waals surface area contributed by atoms with Crippen LogP contribution in [0.3, 0.4) is 0 Å². The third kappa shape index (κ3) is 3.56. The minimum Gasteiger partial charge on any atom is -0.506 e. The SMILES string of the molecule is Cc1ncc(CO)c(CNC(C)Cc2cccs2)c1O. The standard InChI is InChI=1S/C15H20N2O2S/c1-10(6-13-4-3-5-20-13)16-8-14-12(9-18)7-17-11(2)15(14)19/h3-5,7,10,16,18-19H,6,8-9H2,1-2H3. The van der Waals surface area contributed by atoms with E-state index in [1.54, 1.807) is 24.5 Å². The van der Waals surface area contributed by atoms with Crippen LogP contribution in [0.25, 0.3) is 0 Å². The average molecular weight is 292 g/mol. The highest BCUT2D eigenvalue weighted by Gasteiger charge is 2.12. The van der Waals surface area contributed by atoms with Crippen LogP contribution in [0, 0.1) is 6.92 Å². The second kappa shape index (κ2) is 6.83. The molecule has 0 radical (unpaired) electrons. The molecule has 2 rings (SSSR count). The van der Waals surface area contributed by atoms with Crippen molar-refractivity contribution in [3.05, 3.63) is 45.4 Å². The van der Waals surface area contributed by atoms with E-state index >= 15 is 0 Å². The van der Waals surface area contributed by atoms with Crippen LogP contribution in [0.1, 0.15) is 28.6 Å². The molecular weight excluding hydrogens is 272 g/mol. The Balaban J connectivity index is 2.01. The largest absolute Gasteiger partial charge is 0.506 e. The third-order valence-electron chi connectivity index (χ3n) is 3.32. The normalized spacial score (nSPS) is 12.6. The van der Waals surface area contributed by atoms with Crippen LogP contribution in [-0.4, -0.2) is 21.2 Å². The van der Waals surface area contributed by atoms with Crippen LogP contribution in [0.15, 0.2) is 23.7 Å². The van der Waals surface area contributed by atoms with Crippen molar-refractivity contribution in [2.45, 2.75) is 39.5 Å². The lowest BCUT2D eigenvalue weighted by Gasteiger charge is -2.16. The smallest absolute Gasteiger partial charge is 0.141 e. The molecule has 1 unspecified atom stereocenters. The maximum Gasteiger partial charge on any atom is 0.141 e. The molecule has 0 aliphatic heterocycles. The molecule has 0 spiro atoms. The summed E-state index contributed by atoms with van der Waals surface area (Å²) in [7, 11) is 0. The lowest BCUT2D eigenvalue weighted by atomic mass is 10.1. The van der Waals surface area contributed by atoms with Crippen molar-refractivity contribution in [1.29, 1.82) is 0 Å². The van der Waals surface area contributed by atoms with Crippen LogP contribution in [0.5, 0.6) is 5.75 Å². The summed E-state index contributed by atoms with van der Waals surface area (Å²) in [5.41, 5.74) is 1.99. The quantitative estimate of drug-likeness (QED) is 0.765. The van der Waals surface area contributed by atoms with E-state index in [9.17, 15) is 10.2 Å². The van der Waals surface area contributed by atoms with Gasteiger partial charge in [0.2, 0.25) is 0 Å². The molecule has 5 heteroatoms. The molecule has 2 aromatic rings. The molecule has 0 aliphatic carbocycles. The van der Waals surface area contributed by atoms with Crippen molar-refractivity contribution >= 4 is 11.3 Å². The molecule has 3 N–H and O–H groups in total. The van der Waals surface area contributed by atoms with Crippen molar-refractivity contribution in [2.24, 2.45) is 0 Å². The molecular formula is C15H20N2O2S. The van der Waals surface area contributed by atoms with Crippen molar-refractivity contribution in [3.8, 4) is 5.75 Å². The average Bonchev–Trinajstić information content (AvgIpc) is 2.93. The second-order valence-electron chi connectivity index (χ2n) is 4.92. The molecule has 0 bridgehead atoms. The number of nitrogens with zero attached hydrogens (tertiary/aromatic N) is 1. The van der Waals surface area contributed by atoms with Gasteiger partial charge in [0.25, 0.3) is 0 Å². The fourth-order valence-electron chi connectivity index (χ4n) is 2.10. The first-order chi connectivity index (χ1) is 9.61. The number of hydrogen-bond donors (Lipinski definition) is 3. The van der Waals surface area contributed by atoms with E-state index in [0.717, 1.165) is 12.0 Å². The Morgan fingerprint density at radius 1 is 1.45 bits per heavy atom. The van der Waals surface area contributed by atoms with Gasteiger partial charge < -0.3 is 15.5 Å². The fourth-order valence-corrected chi connectivity index (χ4v) is 2.93. The summed E-state index contributed by atoms with van der Waals surface area (Å²) in [4.78, 5) is 5.40. The van der Waals surface area contributed by atoms with Crippen molar-refractivity contribution in [1.82, 2.24) is 10.3 Å². The van der Waals surface area contributed by atoms with Crippen LogP contribution in [0.4, 0.5) is 0 Å². The van der Waals surface area contributed by atoms with Gasteiger partial charge in [-0.1, -0.05) is 6.07 Å².